The van der Waals surface area contributed by atoms with Gasteiger partial charge in [0.2, 0.25) is 0 Å². The molecular weight excluding hydrogens is 502 g/mol. The van der Waals surface area contributed by atoms with Gasteiger partial charge in [-0.3, -0.25) is 0 Å². The van der Waals surface area contributed by atoms with Crippen molar-refractivity contribution < 1.29 is 17.8 Å². The van der Waals surface area contributed by atoms with Crippen LogP contribution in [0, 0.1) is 18.6 Å². The zero-order chi connectivity index (χ0) is 27.4. The molecule has 40 heavy (non-hydrogen) atoms. The lowest BCUT2D eigenvalue weighted by molar-refractivity contribution is -0.659. The zero-order valence-corrected chi connectivity index (χ0v) is 22.0. The summed E-state index contributed by atoms with van der Waals surface area (Å²) in [5, 5.41) is 0.897. The number of imidazole rings is 1. The minimum absolute atomic E-state index is 0.316. The zero-order valence-electron chi connectivity index (χ0n) is 22.0. The van der Waals surface area contributed by atoms with E-state index >= 15 is 4.39 Å². The van der Waals surface area contributed by atoms with Crippen molar-refractivity contribution in [1.82, 2.24) is 4.57 Å². The number of furan rings is 1. The molecule has 0 N–H and O–H groups in total. The molecule has 3 nitrogen and oxygen atoms in total. The number of halogens is 2. The summed E-state index contributed by atoms with van der Waals surface area (Å²) in [6.45, 7) is 1.88. The van der Waals surface area contributed by atoms with E-state index in [0.29, 0.717) is 21.9 Å². The molecule has 5 heteroatoms. The number of hydrogen-bond acceptors (Lipinski definition) is 1. The summed E-state index contributed by atoms with van der Waals surface area (Å²) in [4.78, 5) is 0. The van der Waals surface area contributed by atoms with Crippen LogP contribution in [0.15, 0.2) is 120 Å². The fraction of sp³-hybridized carbons (Fsp3) is 0.0571. The summed E-state index contributed by atoms with van der Waals surface area (Å²) < 4.78 is 40.0. The Kier molecular flexibility index (Phi) is 5.60. The molecule has 0 aliphatic carbocycles. The summed E-state index contributed by atoms with van der Waals surface area (Å²) in [6.07, 6.45) is 4.02. The number of aromatic nitrogens is 2. The minimum atomic E-state index is -0.427. The van der Waals surface area contributed by atoms with Crippen molar-refractivity contribution in [1.29, 1.82) is 0 Å². The highest BCUT2D eigenvalue weighted by atomic mass is 19.1. The van der Waals surface area contributed by atoms with Crippen LogP contribution in [0.5, 0.6) is 0 Å². The molecule has 0 radical (unpaired) electrons. The normalized spacial score (nSPS) is 11.5. The van der Waals surface area contributed by atoms with Crippen molar-refractivity contribution in [3.63, 3.8) is 0 Å². The molecule has 5 aromatic carbocycles. The predicted octanol–water partition coefficient (Wildman–Crippen LogP) is 8.79. The van der Waals surface area contributed by atoms with Crippen LogP contribution in [-0.2, 0) is 7.05 Å². The number of fused-ring (bicyclic) bond motifs is 3. The number of hydrogen-bond donors (Lipinski definition) is 0. The van der Waals surface area contributed by atoms with Gasteiger partial charge in [0, 0.05) is 22.6 Å². The maximum atomic E-state index is 15.5. The first-order valence-electron chi connectivity index (χ1n) is 13.1. The third kappa shape index (κ3) is 3.74. The second-order valence-corrected chi connectivity index (χ2v) is 10.0. The van der Waals surface area contributed by atoms with Gasteiger partial charge in [0.15, 0.2) is 5.58 Å². The largest absolute Gasteiger partial charge is 0.455 e. The Bertz CT molecular complexity index is 1980. The molecule has 0 bridgehead atoms. The molecule has 0 saturated heterocycles. The van der Waals surface area contributed by atoms with Crippen LogP contribution in [0.25, 0.3) is 61.3 Å². The lowest BCUT2D eigenvalue weighted by Crippen LogP contribution is -2.29. The lowest BCUT2D eigenvalue weighted by atomic mass is 9.95. The quantitative estimate of drug-likeness (QED) is 0.210. The number of para-hydroxylation sites is 1. The van der Waals surface area contributed by atoms with Gasteiger partial charge in [-0.1, -0.05) is 78.9 Å². The highest BCUT2D eigenvalue weighted by molar-refractivity contribution is 6.10. The van der Waals surface area contributed by atoms with Crippen LogP contribution >= 0.6 is 0 Å². The number of rotatable bonds is 4. The molecule has 0 spiro atoms. The van der Waals surface area contributed by atoms with E-state index in [2.05, 4.69) is 47.0 Å². The third-order valence-corrected chi connectivity index (χ3v) is 7.53. The van der Waals surface area contributed by atoms with Gasteiger partial charge in [0.25, 0.3) is 5.82 Å². The van der Waals surface area contributed by atoms with E-state index in [9.17, 15) is 4.39 Å². The monoisotopic (exact) mass is 527 g/mol. The van der Waals surface area contributed by atoms with E-state index in [1.165, 1.54) is 18.2 Å². The molecule has 2 heterocycles. The van der Waals surface area contributed by atoms with E-state index < -0.39 is 11.6 Å². The average molecular weight is 528 g/mol. The predicted molar refractivity (Wildman–Crippen MR) is 155 cm³/mol. The molecule has 0 aliphatic heterocycles. The van der Waals surface area contributed by atoms with E-state index in [1.807, 2.05) is 67.3 Å². The fourth-order valence-electron chi connectivity index (χ4n) is 5.73. The second-order valence-electron chi connectivity index (χ2n) is 10.0. The maximum Gasteiger partial charge on any atom is 0.298 e. The van der Waals surface area contributed by atoms with Crippen LogP contribution < -0.4 is 4.57 Å². The summed E-state index contributed by atoms with van der Waals surface area (Å²) in [5.41, 5.74) is 7.46. The molecule has 7 aromatic rings. The average Bonchev–Trinajstić information content (AvgIpc) is 3.54. The van der Waals surface area contributed by atoms with Crippen molar-refractivity contribution >= 4 is 21.9 Å². The molecule has 0 fully saturated rings. The van der Waals surface area contributed by atoms with E-state index in [-0.39, 0.29) is 0 Å². The van der Waals surface area contributed by atoms with Crippen LogP contribution in [-0.4, -0.2) is 4.57 Å². The van der Waals surface area contributed by atoms with Gasteiger partial charge in [-0.15, -0.1) is 0 Å². The Morgan fingerprint density at radius 1 is 0.750 bits per heavy atom. The van der Waals surface area contributed by atoms with Gasteiger partial charge in [-0.25, -0.2) is 13.3 Å². The first-order chi connectivity index (χ1) is 19.5. The van der Waals surface area contributed by atoms with Gasteiger partial charge < -0.3 is 4.42 Å². The molecule has 0 unspecified atom stereocenters. The first kappa shape index (κ1) is 24.0. The van der Waals surface area contributed by atoms with E-state index in [1.54, 1.807) is 6.07 Å². The first-order valence-corrected chi connectivity index (χ1v) is 13.1. The molecular formula is C35H25F2N2O+. The molecule has 0 aliphatic rings. The maximum absolute atomic E-state index is 15.5. The van der Waals surface area contributed by atoms with Gasteiger partial charge >= 0.3 is 0 Å². The Labute approximate surface area is 230 Å². The molecule has 0 saturated carbocycles. The molecule has 7 rings (SSSR count). The molecule has 194 valence electrons. The van der Waals surface area contributed by atoms with Crippen molar-refractivity contribution in [2.24, 2.45) is 7.05 Å². The second kappa shape index (κ2) is 9.31. The van der Waals surface area contributed by atoms with Crippen molar-refractivity contribution in [3.8, 4) is 39.3 Å². The lowest BCUT2D eigenvalue weighted by Gasteiger charge is -2.15. The number of benzene rings is 5. The minimum Gasteiger partial charge on any atom is -0.455 e. The smallest absolute Gasteiger partial charge is 0.298 e. The van der Waals surface area contributed by atoms with Crippen molar-refractivity contribution in [3.05, 3.63) is 133 Å². The van der Waals surface area contributed by atoms with E-state index in [0.717, 1.165) is 44.9 Å². The van der Waals surface area contributed by atoms with Gasteiger partial charge in [0.1, 0.15) is 40.9 Å². The Morgan fingerprint density at radius 2 is 1.40 bits per heavy atom. The topological polar surface area (TPSA) is 21.9 Å². The summed E-state index contributed by atoms with van der Waals surface area (Å²) >= 11 is 0. The third-order valence-electron chi connectivity index (χ3n) is 7.53. The molecule has 0 atom stereocenters. The highest BCUT2D eigenvalue weighted by Gasteiger charge is 2.30. The Hall–Kier alpha value is -5.03. The summed E-state index contributed by atoms with van der Waals surface area (Å²) in [7, 11) is 1.97. The highest BCUT2D eigenvalue weighted by Crippen LogP contribution is 2.42. The number of aryl methyl sites for hydroxylation is 2. The fourth-order valence-corrected chi connectivity index (χ4v) is 5.73. The van der Waals surface area contributed by atoms with Gasteiger partial charge in [0.05, 0.1) is 12.4 Å². The van der Waals surface area contributed by atoms with Crippen molar-refractivity contribution in [2.75, 3.05) is 0 Å². The SMILES string of the molecule is Cc1cc(F)c2c(oc3cc(F)ccc32)c1-c1n(-c2c(-c3ccccc3)cccc2-c2ccccc2)cc[n+]1C. The summed E-state index contributed by atoms with van der Waals surface area (Å²) in [6, 6.07) is 32.6. The Balaban J connectivity index is 1.59. The summed E-state index contributed by atoms with van der Waals surface area (Å²) in [5.74, 6) is 0.00285. The van der Waals surface area contributed by atoms with Crippen molar-refractivity contribution in [2.45, 2.75) is 6.92 Å². The number of nitrogens with zero attached hydrogens (tertiary/aromatic N) is 2. The van der Waals surface area contributed by atoms with Crippen LogP contribution in [0.2, 0.25) is 0 Å². The van der Waals surface area contributed by atoms with Crippen LogP contribution in [0.3, 0.4) is 0 Å². The standard InChI is InChI=1S/C35H25F2N2O/c1-22-20-29(37)32-28-17-16-25(36)21-30(28)40-34(32)31(22)35-38(2)18-19-39(35)33-26(23-10-5-3-6-11-23)14-9-15-27(33)24-12-7-4-8-13-24/h3-21H,1-2H3/q+1. The van der Waals surface area contributed by atoms with E-state index in [4.69, 9.17) is 4.42 Å². The molecule has 0 amide bonds. The Morgan fingerprint density at radius 3 is 2.05 bits per heavy atom. The van der Waals surface area contributed by atoms with Crippen LogP contribution in [0.1, 0.15) is 5.56 Å². The van der Waals surface area contributed by atoms with Gasteiger partial charge in [-0.2, -0.15) is 4.57 Å². The van der Waals surface area contributed by atoms with Crippen LogP contribution in [0.4, 0.5) is 8.78 Å². The van der Waals surface area contributed by atoms with Gasteiger partial charge in [-0.05, 0) is 41.8 Å². The molecule has 2 aromatic heterocycles.